The maximum atomic E-state index is 12.2. The topological polar surface area (TPSA) is 117 Å². The summed E-state index contributed by atoms with van der Waals surface area (Å²) >= 11 is 0. The minimum absolute atomic E-state index is 0.101. The standard InChI is InChI=1S/C15H14N4O4S/c1-16-24(21,22)14-6-5-13(23-14)15(20)18-11-4-2-3-10(9-11)12-7-8-17-19-12/h2-9,16H,1H3,(H,17,19)(H,18,20). The molecule has 24 heavy (non-hydrogen) atoms. The lowest BCUT2D eigenvalue weighted by molar-refractivity contribution is 0.0991. The van der Waals surface area contributed by atoms with Crippen molar-refractivity contribution in [2.75, 3.05) is 12.4 Å². The number of sulfonamides is 1. The van der Waals surface area contributed by atoms with E-state index in [0.29, 0.717) is 5.69 Å². The maximum absolute atomic E-state index is 12.2. The summed E-state index contributed by atoms with van der Waals surface area (Å²) in [5.41, 5.74) is 2.20. The highest BCUT2D eigenvalue weighted by Crippen LogP contribution is 2.21. The van der Waals surface area contributed by atoms with Crippen LogP contribution in [0.2, 0.25) is 0 Å². The number of aromatic nitrogens is 2. The average Bonchev–Trinajstić information content (AvgIpc) is 3.27. The SMILES string of the molecule is CNS(=O)(=O)c1ccc(C(=O)Nc2cccc(-c3ccn[nH]3)c2)o1. The normalized spacial score (nSPS) is 11.4. The third kappa shape index (κ3) is 3.21. The van der Waals surface area contributed by atoms with Crippen molar-refractivity contribution >= 4 is 21.6 Å². The highest BCUT2D eigenvalue weighted by molar-refractivity contribution is 7.89. The summed E-state index contributed by atoms with van der Waals surface area (Å²) in [6, 6.07) is 11.5. The van der Waals surface area contributed by atoms with Gasteiger partial charge in [0.25, 0.3) is 15.9 Å². The Morgan fingerprint density at radius 3 is 2.75 bits per heavy atom. The van der Waals surface area contributed by atoms with Crippen LogP contribution in [0.25, 0.3) is 11.3 Å². The summed E-state index contributed by atoms with van der Waals surface area (Å²) < 4.78 is 30.5. The number of hydrogen-bond acceptors (Lipinski definition) is 5. The number of benzene rings is 1. The molecule has 0 aliphatic carbocycles. The van der Waals surface area contributed by atoms with Gasteiger partial charge in [-0.3, -0.25) is 9.89 Å². The second-order valence-electron chi connectivity index (χ2n) is 4.83. The fourth-order valence-corrected chi connectivity index (χ4v) is 2.71. The molecule has 8 nitrogen and oxygen atoms in total. The van der Waals surface area contributed by atoms with Crippen molar-refractivity contribution in [2.24, 2.45) is 0 Å². The Hall–Kier alpha value is -2.91. The Bertz CT molecular complexity index is 961. The smallest absolute Gasteiger partial charge is 0.291 e. The van der Waals surface area contributed by atoms with Crippen LogP contribution in [0.1, 0.15) is 10.6 Å². The van der Waals surface area contributed by atoms with Gasteiger partial charge >= 0.3 is 0 Å². The van der Waals surface area contributed by atoms with E-state index in [0.717, 1.165) is 11.3 Å². The molecule has 0 saturated carbocycles. The van der Waals surface area contributed by atoms with Crippen molar-refractivity contribution in [2.45, 2.75) is 5.09 Å². The van der Waals surface area contributed by atoms with Crippen LogP contribution in [0.15, 0.2) is 58.2 Å². The van der Waals surface area contributed by atoms with E-state index >= 15 is 0 Å². The van der Waals surface area contributed by atoms with Crippen molar-refractivity contribution in [1.29, 1.82) is 0 Å². The molecule has 3 aromatic rings. The lowest BCUT2D eigenvalue weighted by atomic mass is 10.1. The van der Waals surface area contributed by atoms with Crippen LogP contribution >= 0.6 is 0 Å². The van der Waals surface area contributed by atoms with E-state index < -0.39 is 15.9 Å². The van der Waals surface area contributed by atoms with Crippen LogP contribution in [0.4, 0.5) is 5.69 Å². The first-order valence-corrected chi connectivity index (χ1v) is 8.42. The molecule has 0 saturated heterocycles. The van der Waals surface area contributed by atoms with Gasteiger partial charge < -0.3 is 9.73 Å². The molecule has 1 amide bonds. The average molecular weight is 346 g/mol. The largest absolute Gasteiger partial charge is 0.438 e. The molecule has 0 bridgehead atoms. The van der Waals surface area contributed by atoms with Gasteiger partial charge in [-0.2, -0.15) is 5.10 Å². The summed E-state index contributed by atoms with van der Waals surface area (Å²) in [5, 5.41) is 9.06. The monoisotopic (exact) mass is 346 g/mol. The predicted molar refractivity (Wildman–Crippen MR) is 86.9 cm³/mol. The minimum atomic E-state index is -3.73. The summed E-state index contributed by atoms with van der Waals surface area (Å²) in [5.74, 6) is -0.648. The van der Waals surface area contributed by atoms with E-state index in [2.05, 4.69) is 20.2 Å². The molecule has 2 aromatic heterocycles. The first-order valence-electron chi connectivity index (χ1n) is 6.94. The molecule has 3 N–H and O–H groups in total. The summed E-state index contributed by atoms with van der Waals surface area (Å²) in [6.45, 7) is 0. The highest BCUT2D eigenvalue weighted by atomic mass is 32.2. The maximum Gasteiger partial charge on any atom is 0.291 e. The van der Waals surface area contributed by atoms with Gasteiger partial charge in [-0.15, -0.1) is 0 Å². The van der Waals surface area contributed by atoms with Gasteiger partial charge in [0.05, 0.1) is 5.69 Å². The van der Waals surface area contributed by atoms with Crippen LogP contribution in [-0.2, 0) is 10.0 Å². The van der Waals surface area contributed by atoms with Crippen molar-refractivity contribution in [1.82, 2.24) is 14.9 Å². The van der Waals surface area contributed by atoms with Gasteiger partial charge in [-0.25, -0.2) is 13.1 Å². The number of furan rings is 1. The zero-order valence-electron chi connectivity index (χ0n) is 12.6. The van der Waals surface area contributed by atoms with Gasteiger partial charge in [0, 0.05) is 17.4 Å². The highest BCUT2D eigenvalue weighted by Gasteiger charge is 2.19. The molecule has 0 aliphatic heterocycles. The van der Waals surface area contributed by atoms with Crippen LogP contribution in [0, 0.1) is 0 Å². The number of aromatic amines is 1. The van der Waals surface area contributed by atoms with E-state index in [1.54, 1.807) is 24.4 Å². The van der Waals surface area contributed by atoms with Crippen molar-refractivity contribution in [3.8, 4) is 11.3 Å². The molecule has 124 valence electrons. The number of nitrogens with zero attached hydrogens (tertiary/aromatic N) is 1. The number of H-pyrrole nitrogens is 1. The number of carbonyl (C=O) groups excluding carboxylic acids is 1. The van der Waals surface area contributed by atoms with Crippen molar-refractivity contribution < 1.29 is 17.6 Å². The lowest BCUT2D eigenvalue weighted by Gasteiger charge is -2.05. The van der Waals surface area contributed by atoms with Gasteiger partial charge in [0.2, 0.25) is 5.09 Å². The van der Waals surface area contributed by atoms with Crippen LogP contribution in [-0.4, -0.2) is 31.6 Å². The van der Waals surface area contributed by atoms with Gasteiger partial charge in [0.1, 0.15) is 0 Å². The predicted octanol–water partition coefficient (Wildman–Crippen LogP) is 1.83. The number of hydrogen-bond donors (Lipinski definition) is 3. The zero-order valence-corrected chi connectivity index (χ0v) is 13.4. The molecule has 0 radical (unpaired) electrons. The van der Waals surface area contributed by atoms with Crippen LogP contribution in [0.3, 0.4) is 0 Å². The molecular formula is C15H14N4O4S. The summed E-state index contributed by atoms with van der Waals surface area (Å²) in [6.07, 6.45) is 1.63. The number of carbonyl (C=O) groups is 1. The fraction of sp³-hybridized carbons (Fsp3) is 0.0667. The van der Waals surface area contributed by atoms with Gasteiger partial charge in [-0.05, 0) is 37.4 Å². The molecule has 0 aliphatic rings. The second kappa shape index (κ2) is 6.30. The summed E-state index contributed by atoms with van der Waals surface area (Å²) in [7, 11) is -2.47. The van der Waals surface area contributed by atoms with Crippen LogP contribution < -0.4 is 10.0 Å². The number of rotatable bonds is 5. The molecule has 0 unspecified atom stereocenters. The Morgan fingerprint density at radius 1 is 1.21 bits per heavy atom. The molecule has 0 spiro atoms. The number of nitrogens with one attached hydrogen (secondary N) is 3. The molecule has 0 atom stereocenters. The van der Waals surface area contributed by atoms with Crippen molar-refractivity contribution in [3.05, 3.63) is 54.4 Å². The molecule has 1 aromatic carbocycles. The molecule has 2 heterocycles. The first-order chi connectivity index (χ1) is 11.5. The molecule has 3 rings (SSSR count). The van der Waals surface area contributed by atoms with E-state index in [4.69, 9.17) is 4.42 Å². The summed E-state index contributed by atoms with van der Waals surface area (Å²) in [4.78, 5) is 12.2. The fourth-order valence-electron chi connectivity index (χ4n) is 2.06. The Morgan fingerprint density at radius 2 is 2.04 bits per heavy atom. The Balaban J connectivity index is 1.79. The minimum Gasteiger partial charge on any atom is -0.438 e. The Labute approximate surface area is 137 Å². The Kier molecular flexibility index (Phi) is 4.19. The molecule has 9 heteroatoms. The van der Waals surface area contributed by atoms with Gasteiger partial charge in [0.15, 0.2) is 5.76 Å². The molecule has 0 fully saturated rings. The quantitative estimate of drug-likeness (QED) is 0.651. The number of anilines is 1. The lowest BCUT2D eigenvalue weighted by Crippen LogP contribution is -2.18. The molecular weight excluding hydrogens is 332 g/mol. The second-order valence-corrected chi connectivity index (χ2v) is 6.65. The van der Waals surface area contributed by atoms with Crippen molar-refractivity contribution in [3.63, 3.8) is 0 Å². The van der Waals surface area contributed by atoms with E-state index in [1.807, 2.05) is 12.1 Å². The van der Waals surface area contributed by atoms with E-state index in [-0.39, 0.29) is 10.9 Å². The third-order valence-corrected chi connectivity index (χ3v) is 4.56. The zero-order chi connectivity index (χ0) is 17.2. The van der Waals surface area contributed by atoms with Crippen LogP contribution in [0.5, 0.6) is 0 Å². The van der Waals surface area contributed by atoms with E-state index in [9.17, 15) is 13.2 Å². The van der Waals surface area contributed by atoms with E-state index in [1.165, 1.54) is 19.2 Å². The first kappa shape index (κ1) is 16.0. The number of amides is 1. The third-order valence-electron chi connectivity index (χ3n) is 3.27. The van der Waals surface area contributed by atoms with Gasteiger partial charge in [-0.1, -0.05) is 12.1 Å².